The molecule has 0 saturated carbocycles. The van der Waals surface area contributed by atoms with Crippen molar-refractivity contribution in [2.24, 2.45) is 0 Å². The van der Waals surface area contributed by atoms with E-state index in [1.807, 2.05) is 31.2 Å². The van der Waals surface area contributed by atoms with Gasteiger partial charge in [0.2, 0.25) is 0 Å². The molecule has 1 atom stereocenters. The molecule has 2 amide bonds. The topological polar surface area (TPSA) is 61.4 Å². The molecule has 0 aliphatic rings. The molecule has 0 fully saturated rings. The maximum absolute atomic E-state index is 11.7. The maximum atomic E-state index is 11.7. The van der Waals surface area contributed by atoms with Gasteiger partial charge in [-0.1, -0.05) is 12.1 Å². The van der Waals surface area contributed by atoms with E-state index in [4.69, 9.17) is 0 Å². The second-order valence-electron chi connectivity index (χ2n) is 4.85. The summed E-state index contributed by atoms with van der Waals surface area (Å²) in [5.41, 5.74) is 1.16. The van der Waals surface area contributed by atoms with E-state index in [1.54, 1.807) is 20.8 Å². The minimum Gasteiger partial charge on any atom is -0.391 e. The van der Waals surface area contributed by atoms with Gasteiger partial charge in [-0.3, -0.25) is 0 Å². The summed E-state index contributed by atoms with van der Waals surface area (Å²) in [6.07, 6.45) is -0.620. The standard InChI is InChI=1S/C13H20N2O2/c1-9-6-5-7-11(8-9)14-12(17)15-13(3,4)10(2)16/h5-8,10,16H,1-4H3,(H2,14,15,17). The van der Waals surface area contributed by atoms with Crippen LogP contribution in [0.5, 0.6) is 0 Å². The summed E-state index contributed by atoms with van der Waals surface area (Å²) in [6.45, 7) is 7.15. The molecule has 0 radical (unpaired) electrons. The monoisotopic (exact) mass is 236 g/mol. The lowest BCUT2D eigenvalue weighted by Crippen LogP contribution is -2.52. The fourth-order valence-corrected chi connectivity index (χ4v) is 1.28. The number of hydrogen-bond donors (Lipinski definition) is 3. The summed E-state index contributed by atoms with van der Waals surface area (Å²) in [5.74, 6) is 0. The number of hydrogen-bond acceptors (Lipinski definition) is 2. The Hall–Kier alpha value is -1.55. The molecule has 0 heterocycles. The molecule has 1 aromatic carbocycles. The number of urea groups is 1. The number of aliphatic hydroxyl groups is 1. The van der Waals surface area contributed by atoms with Crippen LogP contribution in [0.4, 0.5) is 10.5 Å². The van der Waals surface area contributed by atoms with E-state index in [0.717, 1.165) is 11.3 Å². The smallest absolute Gasteiger partial charge is 0.319 e. The van der Waals surface area contributed by atoms with Crippen molar-refractivity contribution in [1.29, 1.82) is 0 Å². The fourth-order valence-electron chi connectivity index (χ4n) is 1.28. The molecule has 0 aliphatic carbocycles. The Kier molecular flexibility index (Phi) is 4.12. The molecule has 0 aliphatic heterocycles. The first kappa shape index (κ1) is 13.5. The number of aryl methyl sites for hydroxylation is 1. The minimum atomic E-state index is -0.659. The second-order valence-corrected chi connectivity index (χ2v) is 4.85. The van der Waals surface area contributed by atoms with Gasteiger partial charge in [-0.2, -0.15) is 0 Å². The van der Waals surface area contributed by atoms with E-state index in [1.165, 1.54) is 0 Å². The van der Waals surface area contributed by atoms with Crippen LogP contribution in [-0.2, 0) is 0 Å². The van der Waals surface area contributed by atoms with Crippen LogP contribution in [0.1, 0.15) is 26.3 Å². The Bertz CT molecular complexity index is 400. The van der Waals surface area contributed by atoms with Gasteiger partial charge in [-0.25, -0.2) is 4.79 Å². The lowest BCUT2D eigenvalue weighted by molar-refractivity contribution is 0.103. The van der Waals surface area contributed by atoms with Crippen LogP contribution in [0, 0.1) is 6.92 Å². The van der Waals surface area contributed by atoms with Crippen LogP contribution in [0.25, 0.3) is 0 Å². The Morgan fingerprint density at radius 1 is 1.41 bits per heavy atom. The molecular weight excluding hydrogens is 216 g/mol. The summed E-state index contributed by atoms with van der Waals surface area (Å²) in [6, 6.07) is 7.23. The van der Waals surface area contributed by atoms with Crippen LogP contribution >= 0.6 is 0 Å². The van der Waals surface area contributed by atoms with E-state index >= 15 is 0 Å². The van der Waals surface area contributed by atoms with Crippen LogP contribution in [0.15, 0.2) is 24.3 Å². The Morgan fingerprint density at radius 3 is 2.59 bits per heavy atom. The van der Waals surface area contributed by atoms with Gasteiger partial charge in [-0.15, -0.1) is 0 Å². The fraction of sp³-hybridized carbons (Fsp3) is 0.462. The molecule has 0 bridgehead atoms. The number of carbonyl (C=O) groups is 1. The summed E-state index contributed by atoms with van der Waals surface area (Å²) in [4.78, 5) is 11.7. The van der Waals surface area contributed by atoms with Gasteiger partial charge < -0.3 is 15.7 Å². The van der Waals surface area contributed by atoms with Crippen molar-refractivity contribution < 1.29 is 9.90 Å². The number of benzene rings is 1. The van der Waals surface area contributed by atoms with E-state index in [-0.39, 0.29) is 6.03 Å². The Balaban J connectivity index is 2.62. The molecule has 1 rings (SSSR count). The van der Waals surface area contributed by atoms with E-state index in [0.29, 0.717) is 0 Å². The zero-order valence-corrected chi connectivity index (χ0v) is 10.7. The number of nitrogens with one attached hydrogen (secondary N) is 2. The molecule has 1 aromatic rings. The molecule has 0 saturated heterocycles. The Morgan fingerprint density at radius 2 is 2.06 bits per heavy atom. The molecule has 0 spiro atoms. The molecule has 94 valence electrons. The van der Waals surface area contributed by atoms with Gasteiger partial charge >= 0.3 is 6.03 Å². The number of aliphatic hydroxyl groups excluding tert-OH is 1. The molecule has 4 heteroatoms. The average Bonchev–Trinajstić information content (AvgIpc) is 2.15. The van der Waals surface area contributed by atoms with Crippen molar-refractivity contribution in [3.8, 4) is 0 Å². The molecular formula is C13H20N2O2. The summed E-state index contributed by atoms with van der Waals surface area (Å²) < 4.78 is 0. The van der Waals surface area contributed by atoms with Crippen LogP contribution in [0.2, 0.25) is 0 Å². The third kappa shape index (κ3) is 4.07. The third-order valence-electron chi connectivity index (χ3n) is 2.76. The van der Waals surface area contributed by atoms with Gasteiger partial charge in [0, 0.05) is 5.69 Å². The predicted octanol–water partition coefficient (Wildman–Crippen LogP) is 2.28. The highest BCUT2D eigenvalue weighted by molar-refractivity contribution is 5.89. The SMILES string of the molecule is Cc1cccc(NC(=O)NC(C)(C)C(C)O)c1. The quantitative estimate of drug-likeness (QED) is 0.754. The largest absolute Gasteiger partial charge is 0.391 e. The van der Waals surface area contributed by atoms with Crippen LogP contribution in [-0.4, -0.2) is 22.8 Å². The first-order chi connectivity index (χ1) is 7.81. The van der Waals surface area contributed by atoms with Crippen LogP contribution in [0.3, 0.4) is 0 Å². The van der Waals surface area contributed by atoms with Gasteiger partial charge in [0.05, 0.1) is 11.6 Å². The number of anilines is 1. The summed E-state index contributed by atoms with van der Waals surface area (Å²) in [7, 11) is 0. The van der Waals surface area contributed by atoms with E-state index in [9.17, 15) is 9.90 Å². The molecule has 1 unspecified atom stereocenters. The normalized spacial score (nSPS) is 13.0. The van der Waals surface area contributed by atoms with Gasteiger partial charge in [0.15, 0.2) is 0 Å². The second kappa shape index (κ2) is 5.19. The van der Waals surface area contributed by atoms with Crippen molar-refractivity contribution >= 4 is 11.7 Å². The lowest BCUT2D eigenvalue weighted by Gasteiger charge is -2.29. The summed E-state index contributed by atoms with van der Waals surface area (Å²) >= 11 is 0. The average molecular weight is 236 g/mol. The molecule has 4 nitrogen and oxygen atoms in total. The first-order valence-electron chi connectivity index (χ1n) is 5.65. The predicted molar refractivity (Wildman–Crippen MR) is 69.1 cm³/mol. The number of amides is 2. The molecule has 3 N–H and O–H groups in total. The van der Waals surface area contributed by atoms with E-state index in [2.05, 4.69) is 10.6 Å². The third-order valence-corrected chi connectivity index (χ3v) is 2.76. The molecule has 17 heavy (non-hydrogen) atoms. The van der Waals surface area contributed by atoms with Crippen molar-refractivity contribution in [2.75, 3.05) is 5.32 Å². The highest BCUT2D eigenvalue weighted by Gasteiger charge is 2.25. The van der Waals surface area contributed by atoms with Crippen molar-refractivity contribution in [3.05, 3.63) is 29.8 Å². The van der Waals surface area contributed by atoms with Gasteiger partial charge in [0.1, 0.15) is 0 Å². The number of carbonyl (C=O) groups excluding carboxylic acids is 1. The Labute approximate surface area is 102 Å². The number of rotatable bonds is 3. The van der Waals surface area contributed by atoms with Crippen LogP contribution < -0.4 is 10.6 Å². The highest BCUT2D eigenvalue weighted by atomic mass is 16.3. The van der Waals surface area contributed by atoms with Crippen molar-refractivity contribution in [3.63, 3.8) is 0 Å². The highest BCUT2D eigenvalue weighted by Crippen LogP contribution is 2.11. The first-order valence-corrected chi connectivity index (χ1v) is 5.65. The van der Waals surface area contributed by atoms with Gasteiger partial charge in [-0.05, 0) is 45.4 Å². The van der Waals surface area contributed by atoms with Crippen molar-refractivity contribution in [2.45, 2.75) is 39.3 Å². The van der Waals surface area contributed by atoms with Crippen molar-refractivity contribution in [1.82, 2.24) is 5.32 Å². The lowest BCUT2D eigenvalue weighted by atomic mass is 9.99. The van der Waals surface area contributed by atoms with E-state index < -0.39 is 11.6 Å². The summed E-state index contributed by atoms with van der Waals surface area (Å²) in [5, 5.41) is 15.0. The zero-order chi connectivity index (χ0) is 13.1. The van der Waals surface area contributed by atoms with Gasteiger partial charge in [0.25, 0.3) is 0 Å². The molecule has 0 aromatic heterocycles. The minimum absolute atomic E-state index is 0.318. The maximum Gasteiger partial charge on any atom is 0.319 e. The zero-order valence-electron chi connectivity index (χ0n) is 10.7.